The SMILES string of the molecule is O1[Si][Si]O[Si][Si]1. The van der Waals surface area contributed by atoms with Crippen molar-refractivity contribution in [3.05, 3.63) is 0 Å². The summed E-state index contributed by atoms with van der Waals surface area (Å²) in [4.78, 5) is 0. The summed E-state index contributed by atoms with van der Waals surface area (Å²) < 4.78 is 10.0. The van der Waals surface area contributed by atoms with E-state index in [0.717, 1.165) is 0 Å². The van der Waals surface area contributed by atoms with E-state index in [-0.39, 0.29) is 0 Å². The molecular formula is O2Si4. The van der Waals surface area contributed by atoms with Gasteiger partial charge in [0.15, 0.2) is 0 Å². The third-order valence-electron chi connectivity index (χ3n) is 0.287. The Morgan fingerprint density at radius 2 is 1.00 bits per heavy atom. The fourth-order valence-corrected chi connectivity index (χ4v) is 6.38. The number of hydrogen-bond donors (Lipinski definition) is 0. The van der Waals surface area contributed by atoms with Crippen LogP contribution in [0.2, 0.25) is 0 Å². The van der Waals surface area contributed by atoms with Crippen LogP contribution in [0.5, 0.6) is 0 Å². The summed E-state index contributed by atoms with van der Waals surface area (Å²) in [5, 5.41) is 0. The maximum atomic E-state index is 5.02. The molecule has 6 heavy (non-hydrogen) atoms. The summed E-state index contributed by atoms with van der Waals surface area (Å²) in [7, 11) is 2.51. The van der Waals surface area contributed by atoms with E-state index in [2.05, 4.69) is 0 Å². The van der Waals surface area contributed by atoms with Crippen LogP contribution in [0.1, 0.15) is 0 Å². The van der Waals surface area contributed by atoms with Gasteiger partial charge in [0.1, 0.15) is 0 Å². The molecule has 8 radical (unpaired) electrons. The van der Waals surface area contributed by atoms with Crippen LogP contribution in [0, 0.1) is 0 Å². The van der Waals surface area contributed by atoms with Gasteiger partial charge in [-0.2, -0.15) is 0 Å². The first-order valence-electron chi connectivity index (χ1n) is 1.32. The lowest BCUT2D eigenvalue weighted by Gasteiger charge is -2.04. The highest BCUT2D eigenvalue weighted by Gasteiger charge is 2.04. The molecule has 0 aliphatic carbocycles. The molecule has 0 N–H and O–H groups in total. The van der Waals surface area contributed by atoms with Gasteiger partial charge in [-0.05, 0) is 0 Å². The van der Waals surface area contributed by atoms with Crippen molar-refractivity contribution in [3.8, 4) is 0 Å². The molecule has 1 aliphatic heterocycles. The molecule has 0 aromatic heterocycles. The molecule has 1 aliphatic rings. The van der Waals surface area contributed by atoms with Crippen molar-refractivity contribution in [1.82, 2.24) is 0 Å². The van der Waals surface area contributed by atoms with Crippen LogP contribution in [-0.4, -0.2) is 37.1 Å². The minimum atomic E-state index is 0.627. The van der Waals surface area contributed by atoms with Crippen LogP contribution in [0.15, 0.2) is 0 Å². The molecule has 1 fully saturated rings. The quantitative estimate of drug-likeness (QED) is 0.379. The Kier molecular flexibility index (Phi) is 2.37. The topological polar surface area (TPSA) is 18.5 Å². The van der Waals surface area contributed by atoms with Crippen LogP contribution in [0.4, 0.5) is 0 Å². The van der Waals surface area contributed by atoms with E-state index in [1.54, 1.807) is 0 Å². The predicted octanol–water partition coefficient (Wildman–Crippen LogP) is -1.66. The van der Waals surface area contributed by atoms with Crippen molar-refractivity contribution in [3.63, 3.8) is 0 Å². The van der Waals surface area contributed by atoms with Crippen molar-refractivity contribution in [2.24, 2.45) is 0 Å². The molecule has 1 saturated heterocycles. The highest BCUT2D eigenvalue weighted by atomic mass is 29.2. The predicted molar refractivity (Wildman–Crippen MR) is 25.2 cm³/mol. The van der Waals surface area contributed by atoms with Crippen molar-refractivity contribution in [2.75, 3.05) is 0 Å². The van der Waals surface area contributed by atoms with E-state index in [0.29, 0.717) is 37.1 Å². The molecule has 0 saturated carbocycles. The van der Waals surface area contributed by atoms with Gasteiger partial charge >= 0.3 is 0 Å². The highest BCUT2D eigenvalue weighted by Crippen LogP contribution is 1.73. The second-order valence-corrected chi connectivity index (χ2v) is 5.51. The van der Waals surface area contributed by atoms with Crippen LogP contribution in [-0.2, 0) is 8.23 Å². The first-order valence-corrected chi connectivity index (χ1v) is 6.95. The number of hydrogen-bond acceptors (Lipinski definition) is 2. The van der Waals surface area contributed by atoms with Crippen LogP contribution >= 0.6 is 0 Å². The Balaban J connectivity index is 2.00. The molecule has 0 spiro atoms. The molecule has 0 atom stereocenters. The summed E-state index contributed by atoms with van der Waals surface area (Å²) in [5.74, 6) is 0. The Hall–Kier alpha value is 0.788. The summed E-state index contributed by atoms with van der Waals surface area (Å²) in [6, 6.07) is 0. The normalized spacial score (nSPS) is 24.0. The maximum Gasteiger partial charge on any atom is 0.229 e. The summed E-state index contributed by atoms with van der Waals surface area (Å²) >= 11 is 0. The molecule has 0 aromatic rings. The van der Waals surface area contributed by atoms with Crippen molar-refractivity contribution >= 4 is 37.1 Å². The Bertz CT molecular complexity index is 21.0. The molecule has 6 heteroatoms. The average molecular weight is 144 g/mol. The molecule has 1 rings (SSSR count). The van der Waals surface area contributed by atoms with Gasteiger partial charge in [-0.25, -0.2) is 0 Å². The molecular weight excluding hydrogens is 144 g/mol. The van der Waals surface area contributed by atoms with Gasteiger partial charge in [0, 0.05) is 0 Å². The van der Waals surface area contributed by atoms with Gasteiger partial charge in [-0.1, -0.05) is 0 Å². The lowest BCUT2D eigenvalue weighted by molar-refractivity contribution is 0.603. The Morgan fingerprint density at radius 1 is 0.667 bits per heavy atom. The van der Waals surface area contributed by atoms with Gasteiger partial charge in [-0.3, -0.25) is 0 Å². The first-order chi connectivity index (χ1) is 3.00. The van der Waals surface area contributed by atoms with Gasteiger partial charge < -0.3 is 8.23 Å². The molecule has 2 nitrogen and oxygen atoms in total. The minimum Gasteiger partial charge on any atom is -0.458 e. The van der Waals surface area contributed by atoms with Gasteiger partial charge in [0.2, 0.25) is 37.1 Å². The van der Waals surface area contributed by atoms with Crippen LogP contribution in [0.25, 0.3) is 0 Å². The fraction of sp³-hybridized carbons (Fsp3) is 0. The van der Waals surface area contributed by atoms with E-state index < -0.39 is 0 Å². The molecule has 0 amide bonds. The van der Waals surface area contributed by atoms with Crippen LogP contribution < -0.4 is 0 Å². The lowest BCUT2D eigenvalue weighted by atomic mass is 15.8. The van der Waals surface area contributed by atoms with Crippen molar-refractivity contribution in [1.29, 1.82) is 0 Å². The second kappa shape index (κ2) is 2.88. The zero-order valence-electron chi connectivity index (χ0n) is 2.82. The minimum absolute atomic E-state index is 0.627. The molecule has 28 valence electrons. The fourth-order valence-electron chi connectivity index (χ4n) is 0.134. The zero-order chi connectivity index (χ0) is 4.24. The Labute approximate surface area is 46.0 Å². The van der Waals surface area contributed by atoms with Crippen molar-refractivity contribution < 1.29 is 8.23 Å². The second-order valence-electron chi connectivity index (χ2n) is 0.612. The van der Waals surface area contributed by atoms with E-state index in [9.17, 15) is 0 Å². The monoisotopic (exact) mass is 144 g/mol. The number of rotatable bonds is 0. The third kappa shape index (κ3) is 1.49. The van der Waals surface area contributed by atoms with Crippen molar-refractivity contribution in [2.45, 2.75) is 0 Å². The van der Waals surface area contributed by atoms with Crippen LogP contribution in [0.3, 0.4) is 0 Å². The third-order valence-corrected chi connectivity index (χ3v) is 6.26. The van der Waals surface area contributed by atoms with E-state index in [4.69, 9.17) is 8.23 Å². The van der Waals surface area contributed by atoms with E-state index in [1.165, 1.54) is 0 Å². The summed E-state index contributed by atoms with van der Waals surface area (Å²) in [6.07, 6.45) is 0. The first kappa shape index (κ1) is 4.93. The van der Waals surface area contributed by atoms with Gasteiger partial charge in [-0.15, -0.1) is 0 Å². The maximum absolute atomic E-state index is 5.02. The summed E-state index contributed by atoms with van der Waals surface area (Å²) in [5.41, 5.74) is 0. The average Bonchev–Trinajstić information content (AvgIpc) is 1.72. The van der Waals surface area contributed by atoms with Gasteiger partial charge in [0.05, 0.1) is 0 Å². The lowest BCUT2D eigenvalue weighted by Crippen LogP contribution is -2.28. The Morgan fingerprint density at radius 3 is 1.17 bits per heavy atom. The molecule has 1 heterocycles. The summed E-state index contributed by atoms with van der Waals surface area (Å²) in [6.45, 7) is 0. The standard InChI is InChI=1S/O2Si4/c1-3-5-2-6-4-1. The molecule has 0 aromatic carbocycles. The highest BCUT2D eigenvalue weighted by molar-refractivity contribution is 7.09. The van der Waals surface area contributed by atoms with E-state index in [1.807, 2.05) is 0 Å². The smallest absolute Gasteiger partial charge is 0.229 e. The van der Waals surface area contributed by atoms with Gasteiger partial charge in [0.25, 0.3) is 0 Å². The molecule has 0 bridgehead atoms. The molecule has 0 unspecified atom stereocenters. The zero-order valence-corrected chi connectivity index (χ0v) is 6.82. The largest absolute Gasteiger partial charge is 0.458 e. The van der Waals surface area contributed by atoms with E-state index >= 15 is 0 Å².